The van der Waals surface area contributed by atoms with E-state index in [9.17, 15) is 9.18 Å². The van der Waals surface area contributed by atoms with Gasteiger partial charge in [-0.1, -0.05) is 25.6 Å². The van der Waals surface area contributed by atoms with Crippen LogP contribution < -0.4 is 5.73 Å². The zero-order valence-electron chi connectivity index (χ0n) is 14.2. The maximum atomic E-state index is 12.8. The fourth-order valence-corrected chi connectivity index (χ4v) is 4.32. The fourth-order valence-electron chi connectivity index (χ4n) is 3.15. The zero-order valence-corrected chi connectivity index (χ0v) is 15.1. The van der Waals surface area contributed by atoms with Crippen LogP contribution in [0.25, 0.3) is 0 Å². The number of halogens is 1. The highest BCUT2D eigenvalue weighted by atomic mass is 32.2. The van der Waals surface area contributed by atoms with Gasteiger partial charge >= 0.3 is 6.14 Å². The van der Waals surface area contributed by atoms with E-state index in [2.05, 4.69) is 33.2 Å². The molecule has 0 aromatic carbocycles. The molecule has 25 heavy (non-hydrogen) atoms. The van der Waals surface area contributed by atoms with Crippen molar-refractivity contribution < 1.29 is 13.6 Å². The molecule has 1 aliphatic rings. The minimum absolute atomic E-state index is 0.0356. The average molecular weight is 362 g/mol. The summed E-state index contributed by atoms with van der Waals surface area (Å²) in [6, 6.07) is 1.89. The van der Waals surface area contributed by atoms with Crippen molar-refractivity contribution in [3.63, 3.8) is 0 Å². The number of ketones is 1. The molecular formula is C17H19FN4O2S. The molecule has 0 unspecified atom stereocenters. The number of rotatable bonds is 4. The van der Waals surface area contributed by atoms with Crippen LogP contribution in [0.3, 0.4) is 0 Å². The summed E-state index contributed by atoms with van der Waals surface area (Å²) in [5.74, 6) is -0.334. The monoisotopic (exact) mass is 362 g/mol. The van der Waals surface area contributed by atoms with Gasteiger partial charge in [-0.25, -0.2) is 0 Å². The van der Waals surface area contributed by atoms with Crippen LogP contribution in [-0.4, -0.2) is 25.7 Å². The molecule has 3 rings (SSSR count). The predicted octanol–water partition coefficient (Wildman–Crippen LogP) is 3.08. The molecule has 3 heterocycles. The number of aromatic nitrogens is 2. The first-order chi connectivity index (χ1) is 11.7. The molecule has 132 valence electrons. The van der Waals surface area contributed by atoms with Gasteiger partial charge < -0.3 is 10.2 Å². The quantitative estimate of drug-likeness (QED) is 0.840. The molecule has 2 aromatic heterocycles. The highest BCUT2D eigenvalue weighted by molar-refractivity contribution is 8.15. The summed E-state index contributed by atoms with van der Waals surface area (Å²) in [7, 11) is 0. The number of nitrogens with two attached hydrogens (primary N) is 1. The van der Waals surface area contributed by atoms with Crippen molar-refractivity contribution in [1.82, 2.24) is 9.97 Å². The molecule has 8 heteroatoms. The van der Waals surface area contributed by atoms with Gasteiger partial charge in [0.15, 0.2) is 11.0 Å². The lowest BCUT2D eigenvalue weighted by Crippen LogP contribution is -2.38. The summed E-state index contributed by atoms with van der Waals surface area (Å²) >= 11 is 1.55. The number of hydrogen-bond acceptors (Lipinski definition) is 7. The van der Waals surface area contributed by atoms with Crippen LogP contribution in [0.2, 0.25) is 0 Å². The minimum atomic E-state index is -1.02. The second-order valence-corrected chi connectivity index (χ2v) is 8.66. The number of Topliss-reactive ketones (excluding diaryl/α,β-unsaturated/α-hetero) is 1. The van der Waals surface area contributed by atoms with Crippen LogP contribution in [0.5, 0.6) is 0 Å². The molecule has 0 bridgehead atoms. The van der Waals surface area contributed by atoms with E-state index in [-0.39, 0.29) is 22.6 Å². The van der Waals surface area contributed by atoms with Gasteiger partial charge in [0.05, 0.1) is 5.54 Å². The maximum Gasteiger partial charge on any atom is 0.382 e. The average Bonchev–Trinajstić information content (AvgIpc) is 2.92. The first-order valence-electron chi connectivity index (χ1n) is 7.80. The van der Waals surface area contributed by atoms with Gasteiger partial charge in [0.1, 0.15) is 12.0 Å². The summed E-state index contributed by atoms with van der Waals surface area (Å²) in [4.78, 5) is 24.5. The molecule has 6 nitrogen and oxygen atoms in total. The third-order valence-electron chi connectivity index (χ3n) is 4.05. The Hall–Kier alpha value is -2.22. The van der Waals surface area contributed by atoms with E-state index in [1.807, 2.05) is 13.0 Å². The SMILES string of the molecule is CC1(C)C[C@@](C)(c2cncc(CC(=O)c3coc(F)n3)c2)N=C(N)S1. The molecular weight excluding hydrogens is 343 g/mol. The Morgan fingerprint density at radius 3 is 2.80 bits per heavy atom. The molecule has 2 aromatic rings. The van der Waals surface area contributed by atoms with Crippen molar-refractivity contribution in [2.45, 2.75) is 43.9 Å². The van der Waals surface area contributed by atoms with Crippen LogP contribution in [0.15, 0.2) is 34.1 Å². The van der Waals surface area contributed by atoms with E-state index in [0.717, 1.165) is 18.2 Å². The van der Waals surface area contributed by atoms with Crippen molar-refractivity contribution in [3.8, 4) is 0 Å². The highest BCUT2D eigenvalue weighted by Gasteiger charge is 2.39. The highest BCUT2D eigenvalue weighted by Crippen LogP contribution is 2.44. The standard InChI is InChI=1S/C17H19FN4O2S/c1-16(2)9-17(3,22-15(19)25-16)11-4-10(6-20-7-11)5-13(23)12-8-24-14(18)21-12/h4,6-8H,5,9H2,1-3H3,(H2,19,22)/t17-/m0/s1. The van der Waals surface area contributed by atoms with E-state index in [1.54, 1.807) is 24.2 Å². The Morgan fingerprint density at radius 2 is 2.16 bits per heavy atom. The van der Waals surface area contributed by atoms with Crippen LogP contribution >= 0.6 is 11.8 Å². The predicted molar refractivity (Wildman–Crippen MR) is 94.0 cm³/mol. The number of carbonyl (C=O) groups excluding carboxylic acids is 1. The lowest BCUT2D eigenvalue weighted by atomic mass is 9.84. The molecule has 1 atom stereocenters. The maximum absolute atomic E-state index is 12.8. The Bertz CT molecular complexity index is 849. The van der Waals surface area contributed by atoms with E-state index >= 15 is 0 Å². The molecule has 1 aliphatic heterocycles. The number of pyridine rings is 1. The Kier molecular flexibility index (Phi) is 4.40. The Balaban J connectivity index is 1.86. The molecule has 0 aliphatic carbocycles. The van der Waals surface area contributed by atoms with E-state index in [1.165, 1.54) is 0 Å². The summed E-state index contributed by atoms with van der Waals surface area (Å²) < 4.78 is 17.2. The van der Waals surface area contributed by atoms with Crippen LogP contribution in [0.4, 0.5) is 4.39 Å². The molecule has 0 fully saturated rings. The Morgan fingerprint density at radius 1 is 1.40 bits per heavy atom. The van der Waals surface area contributed by atoms with Crippen molar-refractivity contribution in [2.24, 2.45) is 10.7 Å². The number of amidine groups is 1. The summed E-state index contributed by atoms with van der Waals surface area (Å²) in [6.07, 6.45) is 4.19. The summed E-state index contributed by atoms with van der Waals surface area (Å²) in [6.45, 7) is 6.26. The molecule has 2 N–H and O–H groups in total. The number of nitrogens with zero attached hydrogens (tertiary/aromatic N) is 3. The molecule has 0 radical (unpaired) electrons. The van der Waals surface area contributed by atoms with E-state index in [0.29, 0.717) is 10.7 Å². The van der Waals surface area contributed by atoms with Crippen molar-refractivity contribution in [2.75, 3.05) is 0 Å². The van der Waals surface area contributed by atoms with Gasteiger partial charge in [-0.15, -0.1) is 4.39 Å². The van der Waals surface area contributed by atoms with Crippen LogP contribution in [0.1, 0.15) is 48.8 Å². The first-order valence-corrected chi connectivity index (χ1v) is 8.61. The smallest absolute Gasteiger partial charge is 0.382 e. The molecule has 0 saturated carbocycles. The zero-order chi connectivity index (χ0) is 18.2. The van der Waals surface area contributed by atoms with Gasteiger partial charge in [0, 0.05) is 23.6 Å². The van der Waals surface area contributed by atoms with Crippen molar-refractivity contribution in [3.05, 3.63) is 47.7 Å². The molecule has 0 spiro atoms. The van der Waals surface area contributed by atoms with Gasteiger partial charge in [-0.2, -0.15) is 4.98 Å². The first kappa shape index (κ1) is 17.6. The number of aliphatic imine (C=N–C) groups is 1. The third kappa shape index (κ3) is 3.89. The number of hydrogen-bond donors (Lipinski definition) is 1. The van der Waals surface area contributed by atoms with Gasteiger partial charge in [0.2, 0.25) is 0 Å². The number of oxazole rings is 1. The number of carbonyl (C=O) groups is 1. The second kappa shape index (κ2) is 6.25. The normalized spacial score (nSPS) is 22.5. The van der Waals surface area contributed by atoms with Gasteiger partial charge in [-0.05, 0) is 30.5 Å². The van der Waals surface area contributed by atoms with Crippen molar-refractivity contribution >= 4 is 22.7 Å². The van der Waals surface area contributed by atoms with Crippen LogP contribution in [-0.2, 0) is 12.0 Å². The summed E-state index contributed by atoms with van der Waals surface area (Å²) in [5.41, 5.74) is 7.05. The summed E-state index contributed by atoms with van der Waals surface area (Å²) in [5, 5.41) is 0.540. The fraction of sp³-hybridized carbons (Fsp3) is 0.412. The molecule has 0 saturated heterocycles. The molecule has 0 amide bonds. The minimum Gasteiger partial charge on any atom is -0.423 e. The lowest BCUT2D eigenvalue weighted by Gasteiger charge is -2.39. The topological polar surface area (TPSA) is 94.4 Å². The van der Waals surface area contributed by atoms with Crippen LogP contribution in [0, 0.1) is 6.14 Å². The van der Waals surface area contributed by atoms with Gasteiger partial charge in [0.25, 0.3) is 0 Å². The van der Waals surface area contributed by atoms with E-state index < -0.39 is 11.7 Å². The second-order valence-electron chi connectivity index (χ2n) is 6.93. The lowest BCUT2D eigenvalue weighted by molar-refractivity contribution is 0.0987. The third-order valence-corrected chi connectivity index (χ3v) is 5.05. The largest absolute Gasteiger partial charge is 0.423 e. The van der Waals surface area contributed by atoms with E-state index in [4.69, 9.17) is 5.73 Å². The van der Waals surface area contributed by atoms with Crippen molar-refractivity contribution in [1.29, 1.82) is 0 Å². The number of thioether (sulfide) groups is 1. The van der Waals surface area contributed by atoms with Gasteiger partial charge in [-0.3, -0.25) is 14.8 Å². The Labute approximate surface area is 149 Å².